The zero-order valence-electron chi connectivity index (χ0n) is 12.0. The molecule has 0 saturated carbocycles. The first kappa shape index (κ1) is 14.7. The van der Waals surface area contributed by atoms with Crippen LogP contribution in [0.4, 0.5) is 0 Å². The Bertz CT molecular complexity index is 703. The van der Waals surface area contributed by atoms with Crippen molar-refractivity contribution in [3.8, 4) is 17.2 Å². The Labute approximate surface area is 122 Å². The first-order chi connectivity index (χ1) is 10.1. The van der Waals surface area contributed by atoms with Gasteiger partial charge in [-0.25, -0.2) is 4.79 Å². The van der Waals surface area contributed by atoms with E-state index in [1.165, 1.54) is 6.08 Å². The molecule has 5 nitrogen and oxygen atoms in total. The van der Waals surface area contributed by atoms with Gasteiger partial charge >= 0.3 is 5.97 Å². The van der Waals surface area contributed by atoms with Crippen LogP contribution in [0.2, 0.25) is 0 Å². The van der Waals surface area contributed by atoms with Crippen molar-refractivity contribution in [2.45, 2.75) is 0 Å². The van der Waals surface area contributed by atoms with E-state index in [2.05, 4.69) is 0 Å². The summed E-state index contributed by atoms with van der Waals surface area (Å²) in [6, 6.07) is 7.36. The van der Waals surface area contributed by atoms with Gasteiger partial charge in [0.1, 0.15) is 0 Å². The quantitative estimate of drug-likeness (QED) is 0.857. The highest BCUT2D eigenvalue weighted by molar-refractivity contribution is 5.95. The second-order valence-corrected chi connectivity index (χ2v) is 4.30. The third kappa shape index (κ3) is 2.91. The van der Waals surface area contributed by atoms with Gasteiger partial charge in [-0.15, -0.1) is 0 Å². The molecule has 21 heavy (non-hydrogen) atoms. The monoisotopic (exact) mass is 288 g/mol. The summed E-state index contributed by atoms with van der Waals surface area (Å²) in [6.07, 6.45) is 2.63. The van der Waals surface area contributed by atoms with Crippen molar-refractivity contribution in [1.29, 1.82) is 0 Å². The van der Waals surface area contributed by atoms with Crippen LogP contribution in [0.3, 0.4) is 0 Å². The number of carboxylic acid groups (broad SMARTS) is 1. The zero-order chi connectivity index (χ0) is 15.4. The molecule has 0 amide bonds. The number of fused-ring (bicyclic) bond motifs is 1. The number of hydrogen-bond acceptors (Lipinski definition) is 4. The highest BCUT2D eigenvalue weighted by atomic mass is 16.5. The lowest BCUT2D eigenvalue weighted by atomic mass is 10.0. The number of benzene rings is 2. The molecule has 2 aromatic rings. The fourth-order valence-corrected chi connectivity index (χ4v) is 2.17. The molecule has 0 radical (unpaired) electrons. The Kier molecular flexibility index (Phi) is 4.33. The molecule has 0 aliphatic heterocycles. The summed E-state index contributed by atoms with van der Waals surface area (Å²) in [5.41, 5.74) is 0.777. The summed E-state index contributed by atoms with van der Waals surface area (Å²) in [5, 5.41) is 10.4. The van der Waals surface area contributed by atoms with Crippen LogP contribution < -0.4 is 14.2 Å². The molecule has 0 aromatic heterocycles. The average molecular weight is 288 g/mol. The van der Waals surface area contributed by atoms with Gasteiger partial charge in [-0.05, 0) is 35.2 Å². The third-order valence-corrected chi connectivity index (χ3v) is 3.08. The lowest BCUT2D eigenvalue weighted by molar-refractivity contribution is -0.131. The molecule has 0 aliphatic rings. The van der Waals surface area contributed by atoms with Crippen molar-refractivity contribution in [2.24, 2.45) is 0 Å². The Morgan fingerprint density at radius 1 is 1.05 bits per heavy atom. The van der Waals surface area contributed by atoms with Gasteiger partial charge in [0.2, 0.25) is 5.75 Å². The highest BCUT2D eigenvalue weighted by Crippen LogP contribution is 2.43. The maximum absolute atomic E-state index is 10.6. The minimum absolute atomic E-state index is 0.529. The molecule has 1 N–H and O–H groups in total. The van der Waals surface area contributed by atoms with Gasteiger partial charge in [-0.1, -0.05) is 6.07 Å². The lowest BCUT2D eigenvalue weighted by Crippen LogP contribution is -1.96. The van der Waals surface area contributed by atoms with Gasteiger partial charge in [0, 0.05) is 11.5 Å². The van der Waals surface area contributed by atoms with Crippen molar-refractivity contribution >= 4 is 22.8 Å². The summed E-state index contributed by atoms with van der Waals surface area (Å²) >= 11 is 0. The summed E-state index contributed by atoms with van der Waals surface area (Å²) in [4.78, 5) is 10.6. The smallest absolute Gasteiger partial charge is 0.328 e. The van der Waals surface area contributed by atoms with E-state index in [1.54, 1.807) is 21.3 Å². The van der Waals surface area contributed by atoms with E-state index >= 15 is 0 Å². The SMILES string of the molecule is COc1cc2cc(/C=C/C(=O)O)ccc2c(OC)c1OC. The molecule has 0 bridgehead atoms. The molecule has 110 valence electrons. The van der Waals surface area contributed by atoms with Crippen molar-refractivity contribution in [3.63, 3.8) is 0 Å². The number of ether oxygens (including phenoxy) is 3. The first-order valence-electron chi connectivity index (χ1n) is 6.24. The van der Waals surface area contributed by atoms with E-state index in [0.717, 1.165) is 22.4 Å². The van der Waals surface area contributed by atoms with Crippen LogP contribution in [0, 0.1) is 0 Å². The number of aliphatic carboxylic acids is 1. The maximum Gasteiger partial charge on any atom is 0.328 e. The van der Waals surface area contributed by atoms with Crippen LogP contribution in [-0.4, -0.2) is 32.4 Å². The highest BCUT2D eigenvalue weighted by Gasteiger charge is 2.15. The molecule has 2 aromatic carbocycles. The van der Waals surface area contributed by atoms with Crippen molar-refractivity contribution in [3.05, 3.63) is 35.9 Å². The van der Waals surface area contributed by atoms with E-state index in [4.69, 9.17) is 19.3 Å². The maximum atomic E-state index is 10.6. The average Bonchev–Trinajstić information content (AvgIpc) is 2.50. The molecular weight excluding hydrogens is 272 g/mol. The minimum Gasteiger partial charge on any atom is -0.493 e. The molecule has 0 aliphatic carbocycles. The standard InChI is InChI=1S/C16H16O5/c1-19-13-9-11-8-10(5-7-14(17)18)4-6-12(11)15(20-2)16(13)21-3/h4-9H,1-3H3,(H,17,18)/b7-5+. The number of hydrogen-bond donors (Lipinski definition) is 1. The van der Waals surface area contributed by atoms with Crippen LogP contribution in [0.5, 0.6) is 17.2 Å². The third-order valence-electron chi connectivity index (χ3n) is 3.08. The predicted molar refractivity (Wildman–Crippen MR) is 80.3 cm³/mol. The Hall–Kier alpha value is -2.69. The summed E-state index contributed by atoms with van der Waals surface area (Å²) in [7, 11) is 4.67. The van der Waals surface area contributed by atoms with E-state index in [0.29, 0.717) is 17.2 Å². The normalized spacial score (nSPS) is 10.8. The lowest BCUT2D eigenvalue weighted by Gasteiger charge is -2.15. The van der Waals surface area contributed by atoms with Gasteiger partial charge in [0.05, 0.1) is 21.3 Å². The van der Waals surface area contributed by atoms with Crippen molar-refractivity contribution < 1.29 is 24.1 Å². The minimum atomic E-state index is -0.986. The molecule has 5 heteroatoms. The van der Waals surface area contributed by atoms with Crippen LogP contribution in [-0.2, 0) is 4.79 Å². The summed E-state index contributed by atoms with van der Waals surface area (Å²) in [6.45, 7) is 0. The molecular formula is C16H16O5. The van der Waals surface area contributed by atoms with Crippen molar-refractivity contribution in [2.75, 3.05) is 21.3 Å². The second-order valence-electron chi connectivity index (χ2n) is 4.30. The molecule has 0 unspecified atom stereocenters. The van der Waals surface area contributed by atoms with Gasteiger partial charge in [-0.2, -0.15) is 0 Å². The van der Waals surface area contributed by atoms with Gasteiger partial charge < -0.3 is 19.3 Å². The molecule has 0 fully saturated rings. The Morgan fingerprint density at radius 3 is 2.33 bits per heavy atom. The van der Waals surface area contributed by atoms with Crippen molar-refractivity contribution in [1.82, 2.24) is 0 Å². The van der Waals surface area contributed by atoms with Crippen LogP contribution >= 0.6 is 0 Å². The van der Waals surface area contributed by atoms with E-state index < -0.39 is 5.97 Å². The van der Waals surface area contributed by atoms with Gasteiger partial charge in [0.15, 0.2) is 11.5 Å². The second kappa shape index (κ2) is 6.17. The zero-order valence-corrected chi connectivity index (χ0v) is 12.0. The Balaban J connectivity index is 2.65. The largest absolute Gasteiger partial charge is 0.493 e. The number of carboxylic acids is 1. The molecule has 0 spiro atoms. The number of carbonyl (C=O) groups is 1. The number of rotatable bonds is 5. The van der Waals surface area contributed by atoms with Crippen LogP contribution in [0.15, 0.2) is 30.3 Å². The van der Waals surface area contributed by atoms with Crippen LogP contribution in [0.25, 0.3) is 16.8 Å². The first-order valence-corrected chi connectivity index (χ1v) is 6.24. The topological polar surface area (TPSA) is 65.0 Å². The van der Waals surface area contributed by atoms with Crippen LogP contribution in [0.1, 0.15) is 5.56 Å². The fraction of sp³-hybridized carbons (Fsp3) is 0.188. The predicted octanol–water partition coefficient (Wildman–Crippen LogP) is 2.96. The van der Waals surface area contributed by atoms with E-state index in [-0.39, 0.29) is 0 Å². The molecule has 0 saturated heterocycles. The molecule has 0 heterocycles. The summed E-state index contributed by atoms with van der Waals surface area (Å²) in [5.74, 6) is 0.683. The number of methoxy groups -OCH3 is 3. The van der Waals surface area contributed by atoms with E-state index in [9.17, 15) is 4.79 Å². The summed E-state index contributed by atoms with van der Waals surface area (Å²) < 4.78 is 16.1. The van der Waals surface area contributed by atoms with Gasteiger partial charge in [-0.3, -0.25) is 0 Å². The van der Waals surface area contributed by atoms with E-state index in [1.807, 2.05) is 24.3 Å². The fourth-order valence-electron chi connectivity index (χ4n) is 2.17. The molecule has 0 atom stereocenters. The molecule has 2 rings (SSSR count). The Morgan fingerprint density at radius 2 is 1.76 bits per heavy atom. The van der Waals surface area contributed by atoms with Gasteiger partial charge in [0.25, 0.3) is 0 Å².